The molecule has 1 N–H and O–H groups in total. The second-order valence-corrected chi connectivity index (χ2v) is 5.77. The highest BCUT2D eigenvalue weighted by atomic mass is 15.2. The lowest BCUT2D eigenvalue weighted by atomic mass is 9.96. The van der Waals surface area contributed by atoms with Crippen LogP contribution in [0.1, 0.15) is 29.7 Å². The molecule has 0 radical (unpaired) electrons. The third-order valence-corrected chi connectivity index (χ3v) is 3.79. The van der Waals surface area contributed by atoms with E-state index in [0.29, 0.717) is 0 Å². The molecule has 112 valence electrons. The molecule has 0 fully saturated rings. The quantitative estimate of drug-likeness (QED) is 0.928. The van der Waals surface area contributed by atoms with Crippen molar-refractivity contribution in [3.8, 4) is 0 Å². The standard InChI is InChI=1S/C15H22N6/c1-20(2)15-18-13-7-5-4-6-12(13)14(19-15)16-8-11-9-17-21(3)10-11/h9-10H,4-8H2,1-3H3,(H,16,18,19). The van der Waals surface area contributed by atoms with E-state index >= 15 is 0 Å². The number of aryl methyl sites for hydroxylation is 2. The molecule has 2 heterocycles. The maximum absolute atomic E-state index is 4.69. The molecule has 1 aliphatic carbocycles. The van der Waals surface area contributed by atoms with Gasteiger partial charge in [0.1, 0.15) is 5.82 Å². The summed E-state index contributed by atoms with van der Waals surface area (Å²) in [5, 5.41) is 7.66. The highest BCUT2D eigenvalue weighted by Gasteiger charge is 2.18. The first-order chi connectivity index (χ1) is 10.1. The summed E-state index contributed by atoms with van der Waals surface area (Å²) in [5.74, 6) is 1.76. The summed E-state index contributed by atoms with van der Waals surface area (Å²) in [5.41, 5.74) is 3.65. The van der Waals surface area contributed by atoms with Gasteiger partial charge in [-0.1, -0.05) is 0 Å². The average Bonchev–Trinajstić information content (AvgIpc) is 2.90. The second-order valence-electron chi connectivity index (χ2n) is 5.77. The Hall–Kier alpha value is -2.11. The lowest BCUT2D eigenvalue weighted by Gasteiger charge is -2.21. The van der Waals surface area contributed by atoms with Crippen LogP contribution in [0.25, 0.3) is 0 Å². The van der Waals surface area contributed by atoms with Gasteiger partial charge in [0.15, 0.2) is 0 Å². The zero-order chi connectivity index (χ0) is 14.8. The van der Waals surface area contributed by atoms with Crippen LogP contribution in [-0.4, -0.2) is 33.8 Å². The number of hydrogen-bond donors (Lipinski definition) is 1. The van der Waals surface area contributed by atoms with Crippen molar-refractivity contribution in [3.63, 3.8) is 0 Å². The van der Waals surface area contributed by atoms with Crippen molar-refractivity contribution >= 4 is 11.8 Å². The fourth-order valence-corrected chi connectivity index (χ4v) is 2.68. The molecule has 6 heteroatoms. The van der Waals surface area contributed by atoms with Crippen molar-refractivity contribution in [1.29, 1.82) is 0 Å². The number of fused-ring (bicyclic) bond motifs is 1. The number of rotatable bonds is 4. The molecule has 3 rings (SSSR count). The van der Waals surface area contributed by atoms with Crippen LogP contribution in [-0.2, 0) is 26.4 Å². The molecule has 0 aliphatic heterocycles. The second kappa shape index (κ2) is 5.71. The number of nitrogens with one attached hydrogen (secondary N) is 1. The molecule has 2 aromatic rings. The summed E-state index contributed by atoms with van der Waals surface area (Å²) < 4.78 is 1.82. The average molecular weight is 286 g/mol. The lowest BCUT2D eigenvalue weighted by Crippen LogP contribution is -2.19. The number of nitrogens with zero attached hydrogens (tertiary/aromatic N) is 5. The maximum Gasteiger partial charge on any atom is 0.227 e. The lowest BCUT2D eigenvalue weighted by molar-refractivity contribution is 0.662. The Labute approximate surface area is 125 Å². The monoisotopic (exact) mass is 286 g/mol. The van der Waals surface area contributed by atoms with Gasteiger partial charge in [0.2, 0.25) is 5.95 Å². The van der Waals surface area contributed by atoms with E-state index in [2.05, 4.69) is 15.4 Å². The van der Waals surface area contributed by atoms with Crippen LogP contribution in [0.5, 0.6) is 0 Å². The Balaban J connectivity index is 1.86. The topological polar surface area (TPSA) is 58.9 Å². The highest BCUT2D eigenvalue weighted by Crippen LogP contribution is 2.27. The SMILES string of the molecule is CN(C)c1nc2c(c(NCc3cnn(C)c3)n1)CCCC2. The molecular formula is C15H22N6. The molecule has 0 spiro atoms. The predicted molar refractivity (Wildman–Crippen MR) is 83.5 cm³/mol. The molecule has 0 aromatic carbocycles. The van der Waals surface area contributed by atoms with Gasteiger partial charge in [-0.3, -0.25) is 4.68 Å². The van der Waals surface area contributed by atoms with Crippen LogP contribution in [0.3, 0.4) is 0 Å². The van der Waals surface area contributed by atoms with Crippen molar-refractivity contribution in [3.05, 3.63) is 29.2 Å². The van der Waals surface area contributed by atoms with Crippen molar-refractivity contribution < 1.29 is 0 Å². The minimum Gasteiger partial charge on any atom is -0.365 e. The van der Waals surface area contributed by atoms with Crippen molar-refractivity contribution in [2.75, 3.05) is 24.3 Å². The number of aromatic nitrogens is 4. The number of hydrogen-bond acceptors (Lipinski definition) is 5. The van der Waals surface area contributed by atoms with E-state index in [1.165, 1.54) is 24.1 Å². The number of anilines is 2. The first-order valence-corrected chi connectivity index (χ1v) is 7.42. The fourth-order valence-electron chi connectivity index (χ4n) is 2.68. The summed E-state index contributed by atoms with van der Waals surface area (Å²) in [6, 6.07) is 0. The summed E-state index contributed by atoms with van der Waals surface area (Å²) in [4.78, 5) is 11.3. The Morgan fingerprint density at radius 1 is 1.24 bits per heavy atom. The van der Waals surface area contributed by atoms with E-state index in [9.17, 15) is 0 Å². The van der Waals surface area contributed by atoms with E-state index in [4.69, 9.17) is 4.98 Å². The van der Waals surface area contributed by atoms with Crippen LogP contribution < -0.4 is 10.2 Å². The molecule has 0 amide bonds. The minimum absolute atomic E-state index is 0.740. The van der Waals surface area contributed by atoms with Gasteiger partial charge < -0.3 is 10.2 Å². The molecule has 0 saturated heterocycles. The molecule has 0 saturated carbocycles. The molecule has 0 unspecified atom stereocenters. The third kappa shape index (κ3) is 2.99. The zero-order valence-corrected chi connectivity index (χ0v) is 12.9. The predicted octanol–water partition coefficient (Wildman–Crippen LogP) is 1.77. The summed E-state index contributed by atoms with van der Waals surface area (Å²) in [6.07, 6.45) is 8.47. The highest BCUT2D eigenvalue weighted by molar-refractivity contribution is 5.52. The van der Waals surface area contributed by atoms with Gasteiger partial charge in [-0.05, 0) is 25.7 Å². The van der Waals surface area contributed by atoms with E-state index in [0.717, 1.165) is 36.7 Å². The summed E-state index contributed by atoms with van der Waals surface area (Å²) >= 11 is 0. The summed E-state index contributed by atoms with van der Waals surface area (Å²) in [6.45, 7) is 0.740. The Kier molecular flexibility index (Phi) is 3.77. The molecule has 0 bridgehead atoms. The van der Waals surface area contributed by atoms with Gasteiger partial charge in [-0.15, -0.1) is 0 Å². The van der Waals surface area contributed by atoms with Gasteiger partial charge in [0, 0.05) is 45.0 Å². The Morgan fingerprint density at radius 3 is 2.76 bits per heavy atom. The van der Waals surface area contributed by atoms with E-state index in [1.54, 1.807) is 0 Å². The van der Waals surface area contributed by atoms with Gasteiger partial charge >= 0.3 is 0 Å². The fraction of sp³-hybridized carbons (Fsp3) is 0.533. The van der Waals surface area contributed by atoms with Crippen LogP contribution >= 0.6 is 0 Å². The van der Waals surface area contributed by atoms with Crippen LogP contribution in [0.4, 0.5) is 11.8 Å². The minimum atomic E-state index is 0.740. The first-order valence-electron chi connectivity index (χ1n) is 7.42. The van der Waals surface area contributed by atoms with Gasteiger partial charge in [-0.2, -0.15) is 10.1 Å². The summed E-state index contributed by atoms with van der Waals surface area (Å²) in [7, 11) is 5.89. The van der Waals surface area contributed by atoms with Crippen molar-refractivity contribution in [2.45, 2.75) is 32.2 Å². The third-order valence-electron chi connectivity index (χ3n) is 3.79. The van der Waals surface area contributed by atoms with Crippen LogP contribution in [0.15, 0.2) is 12.4 Å². The van der Waals surface area contributed by atoms with E-state index < -0.39 is 0 Å². The zero-order valence-electron chi connectivity index (χ0n) is 12.9. The van der Waals surface area contributed by atoms with Gasteiger partial charge in [-0.25, -0.2) is 4.98 Å². The van der Waals surface area contributed by atoms with Gasteiger partial charge in [0.05, 0.1) is 11.9 Å². The maximum atomic E-state index is 4.69. The van der Waals surface area contributed by atoms with Crippen molar-refractivity contribution in [2.24, 2.45) is 7.05 Å². The molecular weight excluding hydrogens is 264 g/mol. The largest absolute Gasteiger partial charge is 0.365 e. The molecule has 0 atom stereocenters. The van der Waals surface area contributed by atoms with E-state index in [-0.39, 0.29) is 0 Å². The molecule has 6 nitrogen and oxygen atoms in total. The smallest absolute Gasteiger partial charge is 0.227 e. The van der Waals surface area contributed by atoms with Crippen LogP contribution in [0.2, 0.25) is 0 Å². The normalized spacial score (nSPS) is 13.9. The first kappa shape index (κ1) is 13.9. The Bertz CT molecular complexity index is 631. The van der Waals surface area contributed by atoms with Gasteiger partial charge in [0.25, 0.3) is 0 Å². The van der Waals surface area contributed by atoms with E-state index in [1.807, 2.05) is 43.1 Å². The molecule has 21 heavy (non-hydrogen) atoms. The molecule has 1 aliphatic rings. The van der Waals surface area contributed by atoms with Crippen LogP contribution in [0, 0.1) is 0 Å². The van der Waals surface area contributed by atoms with Crippen molar-refractivity contribution in [1.82, 2.24) is 19.7 Å². The molecule has 2 aromatic heterocycles. The Morgan fingerprint density at radius 2 is 2.05 bits per heavy atom.